The van der Waals surface area contributed by atoms with Crippen molar-refractivity contribution in [2.45, 2.75) is 39.7 Å². The number of rotatable bonds is 6. The quantitative estimate of drug-likeness (QED) is 0.592. The van der Waals surface area contributed by atoms with Crippen molar-refractivity contribution in [1.82, 2.24) is 10.4 Å². The molecule has 0 spiro atoms. The van der Waals surface area contributed by atoms with Gasteiger partial charge in [-0.2, -0.15) is 0 Å². The zero-order valence-electron chi connectivity index (χ0n) is 8.06. The Balaban J connectivity index is 3.51. The minimum atomic E-state index is 0.572. The Hall–Kier alpha value is -0.0800. The summed E-state index contributed by atoms with van der Waals surface area (Å²) in [5, 5.41) is 2.25. The number of nitrogens with one attached hydrogen (secondary N) is 1. The normalized spacial score (nSPS) is 11.5. The van der Waals surface area contributed by atoms with Gasteiger partial charge in [0.25, 0.3) is 0 Å². The summed E-state index contributed by atoms with van der Waals surface area (Å²) in [7, 11) is 0. The third kappa shape index (κ3) is 5.22. The highest BCUT2D eigenvalue weighted by Crippen LogP contribution is 1.96. The lowest BCUT2D eigenvalue weighted by Crippen LogP contribution is -2.43. The predicted molar refractivity (Wildman–Crippen MR) is 50.1 cm³/mol. The van der Waals surface area contributed by atoms with Crippen molar-refractivity contribution in [2.75, 3.05) is 13.1 Å². The van der Waals surface area contributed by atoms with E-state index < -0.39 is 0 Å². The highest BCUT2D eigenvalue weighted by atomic mass is 15.5. The molecule has 0 amide bonds. The molecule has 0 bridgehead atoms. The van der Waals surface area contributed by atoms with Gasteiger partial charge < -0.3 is 0 Å². The van der Waals surface area contributed by atoms with Crippen LogP contribution in [0.2, 0.25) is 0 Å². The molecule has 2 heteroatoms. The first-order chi connectivity index (χ1) is 5.22. The lowest BCUT2D eigenvalue weighted by atomic mass is 10.3. The van der Waals surface area contributed by atoms with E-state index in [-0.39, 0.29) is 0 Å². The SMILES string of the molecule is [CH2]CNN(CCCC)C(C)C. The Morgan fingerprint density at radius 1 is 1.45 bits per heavy atom. The van der Waals surface area contributed by atoms with E-state index in [1.807, 2.05) is 0 Å². The molecule has 0 unspecified atom stereocenters. The number of nitrogens with zero attached hydrogens (tertiary/aromatic N) is 1. The van der Waals surface area contributed by atoms with Crippen LogP contribution in [-0.4, -0.2) is 24.1 Å². The minimum absolute atomic E-state index is 0.572. The van der Waals surface area contributed by atoms with Gasteiger partial charge >= 0.3 is 0 Å². The highest BCUT2D eigenvalue weighted by Gasteiger charge is 2.05. The molecule has 0 aromatic carbocycles. The van der Waals surface area contributed by atoms with Crippen molar-refractivity contribution >= 4 is 0 Å². The van der Waals surface area contributed by atoms with Crippen molar-refractivity contribution in [3.63, 3.8) is 0 Å². The Morgan fingerprint density at radius 2 is 2.09 bits per heavy atom. The van der Waals surface area contributed by atoms with Crippen molar-refractivity contribution in [3.05, 3.63) is 6.92 Å². The third-order valence-corrected chi connectivity index (χ3v) is 1.69. The molecule has 0 aliphatic heterocycles. The second kappa shape index (κ2) is 6.62. The van der Waals surface area contributed by atoms with Gasteiger partial charge in [0.2, 0.25) is 0 Å². The van der Waals surface area contributed by atoms with E-state index in [0.29, 0.717) is 6.04 Å². The van der Waals surface area contributed by atoms with E-state index in [1.54, 1.807) is 0 Å². The van der Waals surface area contributed by atoms with Crippen LogP contribution in [0.25, 0.3) is 0 Å². The van der Waals surface area contributed by atoms with Crippen LogP contribution in [-0.2, 0) is 0 Å². The minimum Gasteiger partial charge on any atom is -0.255 e. The summed E-state index contributed by atoms with van der Waals surface area (Å²) in [5.41, 5.74) is 3.24. The summed E-state index contributed by atoms with van der Waals surface area (Å²) >= 11 is 0. The molecule has 0 heterocycles. The second-order valence-electron chi connectivity index (χ2n) is 3.05. The summed E-state index contributed by atoms with van der Waals surface area (Å²) in [5.74, 6) is 0. The van der Waals surface area contributed by atoms with Crippen molar-refractivity contribution in [1.29, 1.82) is 0 Å². The van der Waals surface area contributed by atoms with E-state index in [9.17, 15) is 0 Å². The third-order valence-electron chi connectivity index (χ3n) is 1.69. The summed E-state index contributed by atoms with van der Waals surface area (Å²) in [4.78, 5) is 0. The fourth-order valence-corrected chi connectivity index (χ4v) is 0.992. The summed E-state index contributed by atoms with van der Waals surface area (Å²) in [6, 6.07) is 0.572. The zero-order valence-corrected chi connectivity index (χ0v) is 8.06. The van der Waals surface area contributed by atoms with Crippen LogP contribution >= 0.6 is 0 Å². The van der Waals surface area contributed by atoms with E-state index in [0.717, 1.165) is 13.1 Å². The number of hydrogen-bond acceptors (Lipinski definition) is 2. The molecule has 67 valence electrons. The molecular weight excluding hydrogens is 136 g/mol. The zero-order chi connectivity index (χ0) is 8.69. The average molecular weight is 157 g/mol. The molecule has 0 aliphatic rings. The predicted octanol–water partition coefficient (Wildman–Crippen LogP) is 1.84. The second-order valence-corrected chi connectivity index (χ2v) is 3.05. The number of unbranched alkanes of at least 4 members (excludes halogenated alkanes) is 1. The number of hydrazine groups is 1. The van der Waals surface area contributed by atoms with Crippen molar-refractivity contribution in [3.8, 4) is 0 Å². The Kier molecular flexibility index (Phi) is 6.57. The fourth-order valence-electron chi connectivity index (χ4n) is 0.992. The molecule has 0 fully saturated rings. The van der Waals surface area contributed by atoms with Crippen LogP contribution in [0.1, 0.15) is 33.6 Å². The van der Waals surface area contributed by atoms with Gasteiger partial charge in [-0.3, -0.25) is 5.43 Å². The maximum atomic E-state index is 3.76. The largest absolute Gasteiger partial charge is 0.255 e. The van der Waals surface area contributed by atoms with Gasteiger partial charge in [0.1, 0.15) is 0 Å². The van der Waals surface area contributed by atoms with E-state index in [2.05, 4.69) is 38.1 Å². The van der Waals surface area contributed by atoms with Crippen LogP contribution in [0.4, 0.5) is 0 Å². The Morgan fingerprint density at radius 3 is 2.45 bits per heavy atom. The molecule has 0 rings (SSSR count). The molecule has 0 aliphatic carbocycles. The van der Waals surface area contributed by atoms with Crippen LogP contribution in [0.15, 0.2) is 0 Å². The standard InChI is InChI=1S/C9H21N2/c1-5-7-8-11(9(3)4)10-6-2/h9-10H,2,5-8H2,1,3-4H3. The Bertz CT molecular complexity index is 81.6. The lowest BCUT2D eigenvalue weighted by molar-refractivity contribution is 0.149. The average Bonchev–Trinajstić information content (AvgIpc) is 1.97. The van der Waals surface area contributed by atoms with Gasteiger partial charge in [0, 0.05) is 19.1 Å². The van der Waals surface area contributed by atoms with E-state index in [1.165, 1.54) is 12.8 Å². The van der Waals surface area contributed by atoms with Gasteiger partial charge in [0.15, 0.2) is 0 Å². The molecule has 1 radical (unpaired) electrons. The van der Waals surface area contributed by atoms with Crippen molar-refractivity contribution in [2.24, 2.45) is 0 Å². The van der Waals surface area contributed by atoms with Crippen molar-refractivity contribution < 1.29 is 0 Å². The first kappa shape index (κ1) is 10.9. The van der Waals surface area contributed by atoms with Crippen LogP contribution < -0.4 is 5.43 Å². The number of hydrogen-bond donors (Lipinski definition) is 1. The molecule has 0 saturated heterocycles. The first-order valence-electron chi connectivity index (χ1n) is 4.51. The summed E-state index contributed by atoms with van der Waals surface area (Å²) in [6.45, 7) is 12.3. The lowest BCUT2D eigenvalue weighted by Gasteiger charge is -2.26. The smallest absolute Gasteiger partial charge is 0.0187 e. The van der Waals surface area contributed by atoms with Crippen LogP contribution in [0.3, 0.4) is 0 Å². The molecule has 0 saturated carbocycles. The topological polar surface area (TPSA) is 15.3 Å². The van der Waals surface area contributed by atoms with Gasteiger partial charge in [-0.05, 0) is 27.2 Å². The van der Waals surface area contributed by atoms with E-state index >= 15 is 0 Å². The van der Waals surface area contributed by atoms with E-state index in [4.69, 9.17) is 0 Å². The maximum absolute atomic E-state index is 3.76. The fraction of sp³-hybridized carbons (Fsp3) is 0.889. The first-order valence-corrected chi connectivity index (χ1v) is 4.51. The van der Waals surface area contributed by atoms with Crippen LogP contribution in [0.5, 0.6) is 0 Å². The molecular formula is C9H21N2. The molecule has 1 N–H and O–H groups in total. The van der Waals surface area contributed by atoms with Gasteiger partial charge in [0.05, 0.1) is 0 Å². The molecule has 2 nitrogen and oxygen atoms in total. The maximum Gasteiger partial charge on any atom is 0.0187 e. The Labute approximate surface area is 70.9 Å². The molecule has 0 aromatic heterocycles. The van der Waals surface area contributed by atoms with Gasteiger partial charge in [-0.1, -0.05) is 13.3 Å². The summed E-state index contributed by atoms with van der Waals surface area (Å²) < 4.78 is 0. The van der Waals surface area contributed by atoms with Gasteiger partial charge in [-0.25, -0.2) is 5.01 Å². The highest BCUT2D eigenvalue weighted by molar-refractivity contribution is 4.58. The van der Waals surface area contributed by atoms with Gasteiger partial charge in [-0.15, -0.1) is 0 Å². The monoisotopic (exact) mass is 157 g/mol. The molecule has 0 atom stereocenters. The molecule has 0 aromatic rings. The molecule has 11 heavy (non-hydrogen) atoms. The van der Waals surface area contributed by atoms with Crippen LogP contribution in [0, 0.1) is 6.92 Å². The summed E-state index contributed by atoms with van der Waals surface area (Å²) in [6.07, 6.45) is 2.51.